The van der Waals surface area contributed by atoms with Crippen LogP contribution in [0.4, 0.5) is 0 Å². The standard InChI is InChI=1S/C23H26Cl2GeN2O2/c1-14-8-16(3)22-18(10-14)12-27-20-6-5-7-21(20)28-13-19-11-15(2)9-17(4)23(19)30-26(24,25)29-22/h8-13,20-21H,5-7H2,1-4H3/t20-,21-/m1/s1. The number of hydrogen-bond donors (Lipinski definition) is 0. The maximum atomic E-state index is 6.70. The van der Waals surface area contributed by atoms with Gasteiger partial charge in [-0.1, -0.05) is 0 Å². The molecule has 158 valence electrons. The van der Waals surface area contributed by atoms with Crippen LogP contribution < -0.4 is 7.53 Å². The molecular formula is C23H26Cl2GeN2O2. The van der Waals surface area contributed by atoms with E-state index in [9.17, 15) is 0 Å². The van der Waals surface area contributed by atoms with Gasteiger partial charge in [-0.15, -0.1) is 0 Å². The number of halogens is 2. The number of hydrogen-bond acceptors (Lipinski definition) is 4. The van der Waals surface area contributed by atoms with E-state index in [2.05, 4.69) is 26.0 Å². The van der Waals surface area contributed by atoms with Crippen LogP contribution in [0, 0.1) is 27.7 Å². The molecule has 0 unspecified atom stereocenters. The number of fused-ring (bicyclic) bond motifs is 3. The van der Waals surface area contributed by atoms with Crippen LogP contribution in [0.1, 0.15) is 52.6 Å². The molecule has 0 spiro atoms. The molecule has 2 aliphatic rings. The Hall–Kier alpha value is -1.50. The fourth-order valence-corrected chi connectivity index (χ4v) is 8.18. The van der Waals surface area contributed by atoms with Gasteiger partial charge in [0.15, 0.2) is 0 Å². The Morgan fingerprint density at radius 2 is 1.20 bits per heavy atom. The summed E-state index contributed by atoms with van der Waals surface area (Å²) >= 11 is -4.18. The second kappa shape index (κ2) is 8.56. The molecule has 0 aromatic heterocycles. The molecule has 1 aliphatic carbocycles. The van der Waals surface area contributed by atoms with Crippen molar-refractivity contribution in [1.29, 1.82) is 0 Å². The normalized spacial score (nSPS) is 22.5. The van der Waals surface area contributed by atoms with Crippen LogP contribution in [0.5, 0.6) is 11.5 Å². The van der Waals surface area contributed by atoms with Gasteiger partial charge in [-0.05, 0) is 0 Å². The molecule has 4 nitrogen and oxygen atoms in total. The average Bonchev–Trinajstić information content (AvgIpc) is 3.10. The second-order valence-electron chi connectivity index (χ2n) is 8.29. The molecule has 1 saturated carbocycles. The molecule has 0 N–H and O–H groups in total. The first-order valence-corrected chi connectivity index (χ1v) is 17.5. The first-order valence-electron chi connectivity index (χ1n) is 10.3. The maximum absolute atomic E-state index is 6.70. The number of benzene rings is 2. The van der Waals surface area contributed by atoms with E-state index in [0.717, 1.165) is 52.6 Å². The molecule has 0 saturated heterocycles. The minimum atomic E-state index is -4.18. The Balaban J connectivity index is 1.87. The SMILES string of the molecule is Cc1cc(C)c2c(c1)C=N[C@@H]1CCC[C@H]1N=Cc1cc(C)cc(C)c1[O][Ge]([Cl])([Cl])[O]2. The summed E-state index contributed by atoms with van der Waals surface area (Å²) in [5.74, 6) is 1.30. The number of rotatable bonds is 0. The van der Waals surface area contributed by atoms with Crippen molar-refractivity contribution in [2.24, 2.45) is 9.98 Å². The molecule has 4 rings (SSSR count). The van der Waals surface area contributed by atoms with Crippen LogP contribution >= 0.6 is 20.0 Å². The Kier molecular flexibility index (Phi) is 6.20. The van der Waals surface area contributed by atoms with E-state index < -0.39 is 12.1 Å². The van der Waals surface area contributed by atoms with Crippen molar-refractivity contribution in [2.45, 2.75) is 59.0 Å². The van der Waals surface area contributed by atoms with E-state index >= 15 is 0 Å². The summed E-state index contributed by atoms with van der Waals surface area (Å²) in [4.78, 5) is 9.77. The zero-order chi connectivity index (χ0) is 21.5. The van der Waals surface area contributed by atoms with E-state index in [-0.39, 0.29) is 12.1 Å². The zero-order valence-corrected chi connectivity index (χ0v) is 21.3. The Morgan fingerprint density at radius 3 is 1.63 bits per heavy atom. The predicted octanol–water partition coefficient (Wildman–Crippen LogP) is 6.06. The number of aryl methyl sites for hydroxylation is 4. The van der Waals surface area contributed by atoms with Crippen molar-refractivity contribution >= 4 is 44.5 Å². The van der Waals surface area contributed by atoms with Crippen molar-refractivity contribution < 1.29 is 7.53 Å². The van der Waals surface area contributed by atoms with Crippen molar-refractivity contribution in [3.05, 3.63) is 57.6 Å². The fraction of sp³-hybridized carbons (Fsp3) is 0.391. The molecule has 2 aromatic carbocycles. The Morgan fingerprint density at radius 1 is 0.767 bits per heavy atom. The van der Waals surface area contributed by atoms with Gasteiger partial charge in [0.1, 0.15) is 0 Å². The third-order valence-corrected chi connectivity index (χ3v) is 9.05. The molecule has 2 atom stereocenters. The van der Waals surface area contributed by atoms with Crippen LogP contribution in [0.15, 0.2) is 34.3 Å². The molecule has 2 aromatic rings. The summed E-state index contributed by atoms with van der Waals surface area (Å²) < 4.78 is 12.4. The van der Waals surface area contributed by atoms with Crippen LogP contribution in [0.3, 0.4) is 0 Å². The van der Waals surface area contributed by atoms with Crippen molar-refractivity contribution in [2.75, 3.05) is 0 Å². The van der Waals surface area contributed by atoms with Gasteiger partial charge < -0.3 is 0 Å². The Bertz CT molecular complexity index is 957. The zero-order valence-electron chi connectivity index (χ0n) is 17.7. The molecule has 1 heterocycles. The molecule has 0 radical (unpaired) electrons. The van der Waals surface area contributed by atoms with Gasteiger partial charge in [0.05, 0.1) is 0 Å². The van der Waals surface area contributed by atoms with Crippen LogP contribution in [0.25, 0.3) is 0 Å². The summed E-state index contributed by atoms with van der Waals surface area (Å²) in [6.07, 6.45) is 6.96. The predicted molar refractivity (Wildman–Crippen MR) is 127 cm³/mol. The molecule has 30 heavy (non-hydrogen) atoms. The molecular weight excluding hydrogens is 480 g/mol. The van der Waals surface area contributed by atoms with Crippen LogP contribution in [0.2, 0.25) is 0 Å². The minimum absolute atomic E-state index is 0.157. The number of aliphatic imine (C=N–C) groups is 2. The summed E-state index contributed by atoms with van der Waals surface area (Å²) in [5.41, 5.74) is 5.94. The first-order chi connectivity index (χ1) is 14.2. The fourth-order valence-electron chi connectivity index (χ4n) is 4.32. The number of nitrogens with zero attached hydrogens (tertiary/aromatic N) is 2. The van der Waals surface area contributed by atoms with Gasteiger partial charge in [0.2, 0.25) is 0 Å². The van der Waals surface area contributed by atoms with E-state index in [1.54, 1.807) is 0 Å². The molecule has 0 bridgehead atoms. The summed E-state index contributed by atoms with van der Waals surface area (Å²) in [6, 6.07) is 8.52. The van der Waals surface area contributed by atoms with Crippen molar-refractivity contribution in [1.82, 2.24) is 0 Å². The summed E-state index contributed by atoms with van der Waals surface area (Å²) in [6.45, 7) is 8.10. The van der Waals surface area contributed by atoms with Crippen molar-refractivity contribution in [3.63, 3.8) is 0 Å². The van der Waals surface area contributed by atoms with Crippen LogP contribution in [-0.2, 0) is 0 Å². The van der Waals surface area contributed by atoms with Gasteiger partial charge in [-0.3, -0.25) is 0 Å². The summed E-state index contributed by atoms with van der Waals surface area (Å²) in [7, 11) is 13.4. The van der Waals surface area contributed by atoms with E-state index in [1.165, 1.54) is 0 Å². The monoisotopic (exact) mass is 506 g/mol. The van der Waals surface area contributed by atoms with Gasteiger partial charge in [-0.2, -0.15) is 0 Å². The second-order valence-corrected chi connectivity index (χ2v) is 17.3. The van der Waals surface area contributed by atoms with E-state index in [1.807, 2.05) is 38.4 Å². The molecule has 7 heteroatoms. The topological polar surface area (TPSA) is 43.2 Å². The van der Waals surface area contributed by atoms with E-state index in [0.29, 0.717) is 11.5 Å². The third kappa shape index (κ3) is 4.71. The van der Waals surface area contributed by atoms with Gasteiger partial charge in [0, 0.05) is 0 Å². The van der Waals surface area contributed by atoms with Crippen molar-refractivity contribution in [3.8, 4) is 11.5 Å². The molecule has 1 aliphatic heterocycles. The molecule has 1 fully saturated rings. The third-order valence-electron chi connectivity index (χ3n) is 5.59. The van der Waals surface area contributed by atoms with Gasteiger partial charge >= 0.3 is 190 Å². The average molecular weight is 506 g/mol. The van der Waals surface area contributed by atoms with Crippen LogP contribution in [-0.4, -0.2) is 36.6 Å². The Labute approximate surface area is 189 Å². The first kappa shape index (κ1) is 21.7. The van der Waals surface area contributed by atoms with E-state index in [4.69, 9.17) is 37.5 Å². The summed E-state index contributed by atoms with van der Waals surface area (Å²) in [5, 5.41) is 0. The molecule has 0 amide bonds. The van der Waals surface area contributed by atoms with Gasteiger partial charge in [-0.25, -0.2) is 0 Å². The van der Waals surface area contributed by atoms with Gasteiger partial charge in [0.25, 0.3) is 0 Å². The quantitative estimate of drug-likeness (QED) is 0.408.